The minimum Gasteiger partial charge on any atom is -0.469 e. The first-order chi connectivity index (χ1) is 12.7. The van der Waals surface area contributed by atoms with Crippen LogP contribution in [0.25, 0.3) is 10.9 Å². The zero-order valence-electron chi connectivity index (χ0n) is 15.6. The van der Waals surface area contributed by atoms with Gasteiger partial charge in [-0.15, -0.1) is 12.4 Å². The molecule has 2 N–H and O–H groups in total. The number of methoxy groups -OCH3 is 1. The van der Waals surface area contributed by atoms with Crippen LogP contribution < -0.4 is 0 Å². The Morgan fingerprint density at radius 2 is 2.00 bits per heavy atom. The minimum absolute atomic E-state index is 0. The topological polar surface area (TPSA) is 65.6 Å². The number of rotatable bonds is 1. The molecule has 2 aliphatic heterocycles. The van der Waals surface area contributed by atoms with Crippen LogP contribution >= 0.6 is 12.4 Å². The van der Waals surface area contributed by atoms with Gasteiger partial charge in [0, 0.05) is 29.7 Å². The summed E-state index contributed by atoms with van der Waals surface area (Å²) in [6.45, 7) is 1.75. The van der Waals surface area contributed by atoms with Crippen LogP contribution in [0.1, 0.15) is 48.9 Å². The Labute approximate surface area is 165 Å². The van der Waals surface area contributed by atoms with Crippen LogP contribution in [0.5, 0.6) is 0 Å². The molecule has 5 nitrogen and oxygen atoms in total. The average molecular weight is 391 g/mol. The molecule has 0 amide bonds. The Hall–Kier alpha value is -1.56. The van der Waals surface area contributed by atoms with Crippen molar-refractivity contribution in [2.75, 3.05) is 20.2 Å². The molecule has 2 fully saturated rings. The number of carbonyl (C=O) groups is 1. The third kappa shape index (κ3) is 2.96. The number of nitrogens with one attached hydrogen (secondary N) is 1. The normalized spacial score (nSPS) is 32.7. The monoisotopic (exact) mass is 390 g/mol. The second-order valence-corrected chi connectivity index (χ2v) is 8.27. The fourth-order valence-corrected chi connectivity index (χ4v) is 5.68. The molecule has 1 saturated carbocycles. The third-order valence-corrected chi connectivity index (χ3v) is 6.91. The molecule has 5 atom stereocenters. The van der Waals surface area contributed by atoms with E-state index in [0.717, 1.165) is 55.2 Å². The Bertz CT molecular complexity index is 851. The Kier molecular flexibility index (Phi) is 4.95. The summed E-state index contributed by atoms with van der Waals surface area (Å²) in [6.07, 6.45) is 3.85. The molecule has 0 bridgehead atoms. The number of aromatic amines is 1. The van der Waals surface area contributed by atoms with Gasteiger partial charge in [-0.1, -0.05) is 18.2 Å². The van der Waals surface area contributed by atoms with Gasteiger partial charge in [0.15, 0.2) is 0 Å². The van der Waals surface area contributed by atoms with E-state index in [1.165, 1.54) is 12.8 Å². The van der Waals surface area contributed by atoms with Crippen LogP contribution in [0, 0.1) is 11.8 Å². The van der Waals surface area contributed by atoms with Crippen LogP contribution in [-0.2, 0) is 9.53 Å². The second kappa shape index (κ2) is 7.12. The maximum Gasteiger partial charge on any atom is 0.314 e. The summed E-state index contributed by atoms with van der Waals surface area (Å²) in [5.74, 6) is 0.844. The molecule has 2 aromatic rings. The second-order valence-electron chi connectivity index (χ2n) is 8.27. The van der Waals surface area contributed by atoms with Crippen LogP contribution in [0.15, 0.2) is 24.3 Å². The van der Waals surface area contributed by atoms with Crippen LogP contribution in [0.2, 0.25) is 0 Å². The summed E-state index contributed by atoms with van der Waals surface area (Å²) in [4.78, 5) is 18.7. The summed E-state index contributed by atoms with van der Waals surface area (Å²) in [5, 5.41) is 11.3. The van der Waals surface area contributed by atoms with Crippen molar-refractivity contribution in [3.8, 4) is 0 Å². The van der Waals surface area contributed by atoms with Gasteiger partial charge in [0.2, 0.25) is 0 Å². The van der Waals surface area contributed by atoms with E-state index in [9.17, 15) is 9.90 Å². The van der Waals surface area contributed by atoms with E-state index in [-0.39, 0.29) is 30.4 Å². The summed E-state index contributed by atoms with van der Waals surface area (Å²) in [7, 11) is 1.48. The van der Waals surface area contributed by atoms with Gasteiger partial charge in [-0.05, 0) is 49.1 Å². The number of hydrogen-bond acceptors (Lipinski definition) is 4. The largest absolute Gasteiger partial charge is 0.469 e. The summed E-state index contributed by atoms with van der Waals surface area (Å²) in [5.41, 5.74) is 3.41. The number of carbonyl (C=O) groups excluding carboxylic acids is 1. The number of aliphatic hydroxyl groups excluding tert-OH is 1. The van der Waals surface area contributed by atoms with Gasteiger partial charge in [0.05, 0.1) is 25.2 Å². The zero-order chi connectivity index (χ0) is 17.8. The van der Waals surface area contributed by atoms with Crippen molar-refractivity contribution in [3.63, 3.8) is 0 Å². The fraction of sp³-hybridized carbons (Fsp3) is 0.571. The van der Waals surface area contributed by atoms with Gasteiger partial charge in [0.25, 0.3) is 0 Å². The average Bonchev–Trinajstić information content (AvgIpc) is 3.05. The lowest BCUT2D eigenvalue weighted by Gasteiger charge is -2.49. The van der Waals surface area contributed by atoms with Crippen molar-refractivity contribution in [1.82, 2.24) is 9.88 Å². The predicted octanol–water partition coefficient (Wildman–Crippen LogP) is 3.38. The lowest BCUT2D eigenvalue weighted by Crippen LogP contribution is -2.50. The van der Waals surface area contributed by atoms with Crippen molar-refractivity contribution in [2.24, 2.45) is 11.8 Å². The van der Waals surface area contributed by atoms with E-state index < -0.39 is 0 Å². The molecule has 3 heterocycles. The van der Waals surface area contributed by atoms with Crippen molar-refractivity contribution in [2.45, 2.75) is 43.7 Å². The van der Waals surface area contributed by atoms with Gasteiger partial charge in [-0.25, -0.2) is 0 Å². The van der Waals surface area contributed by atoms with Crippen molar-refractivity contribution < 1.29 is 14.6 Å². The maximum atomic E-state index is 12.6. The first-order valence-corrected chi connectivity index (χ1v) is 9.76. The van der Waals surface area contributed by atoms with Crippen molar-refractivity contribution >= 4 is 29.3 Å². The molecule has 5 rings (SSSR count). The molecule has 146 valence electrons. The molecule has 27 heavy (non-hydrogen) atoms. The number of H-pyrrole nitrogens is 1. The highest BCUT2D eigenvalue weighted by Gasteiger charge is 2.46. The molecular formula is C21H27ClN2O3. The Morgan fingerprint density at radius 1 is 1.19 bits per heavy atom. The number of halogens is 1. The first kappa shape index (κ1) is 18.8. The van der Waals surface area contributed by atoms with Gasteiger partial charge in [-0.3, -0.25) is 9.69 Å². The number of hydrogen-bond donors (Lipinski definition) is 2. The molecule has 0 radical (unpaired) electrons. The van der Waals surface area contributed by atoms with Crippen LogP contribution in [0.4, 0.5) is 0 Å². The molecule has 6 heteroatoms. The van der Waals surface area contributed by atoms with Crippen LogP contribution in [-0.4, -0.2) is 47.3 Å². The number of nitrogens with zero attached hydrogens (tertiary/aromatic N) is 1. The molecule has 1 saturated heterocycles. The number of aliphatic hydroxyl groups is 1. The number of esters is 1. The summed E-state index contributed by atoms with van der Waals surface area (Å²) < 4.78 is 5.15. The van der Waals surface area contributed by atoms with Gasteiger partial charge in [-0.2, -0.15) is 0 Å². The molecule has 1 aromatic carbocycles. The van der Waals surface area contributed by atoms with E-state index >= 15 is 0 Å². The fourth-order valence-electron chi connectivity index (χ4n) is 5.68. The maximum absolute atomic E-state index is 12.6. The quantitative estimate of drug-likeness (QED) is 0.732. The van der Waals surface area contributed by atoms with E-state index in [0.29, 0.717) is 17.9 Å². The SMILES string of the molecule is COC(=O)C1CN2C[C@@H]3CCC(O)C[C@H]3C[C@H]2c2[nH]c3ccccc3c21.Cl. The molecule has 3 aliphatic rings. The van der Waals surface area contributed by atoms with E-state index in [4.69, 9.17) is 4.74 Å². The molecular weight excluding hydrogens is 364 g/mol. The van der Waals surface area contributed by atoms with Gasteiger partial charge < -0.3 is 14.8 Å². The highest BCUT2D eigenvalue weighted by atomic mass is 35.5. The molecule has 1 aliphatic carbocycles. The standard InChI is InChI=1S/C21H26N2O3.ClH/c1-26-21(25)16-11-23-10-12-6-7-14(24)8-13(12)9-18(23)20-19(16)15-4-2-3-5-17(15)22-20;/h2-5,12-14,16,18,22,24H,6-11H2,1H3;1H/t12-,13-,14?,16?,18-;/m0./s1. The van der Waals surface area contributed by atoms with E-state index in [2.05, 4.69) is 22.0 Å². The summed E-state index contributed by atoms with van der Waals surface area (Å²) >= 11 is 0. The number of piperidine rings is 1. The van der Waals surface area contributed by atoms with Crippen molar-refractivity contribution in [3.05, 3.63) is 35.5 Å². The lowest BCUT2D eigenvalue weighted by molar-refractivity contribution is -0.144. The van der Waals surface area contributed by atoms with E-state index in [1.807, 2.05) is 12.1 Å². The van der Waals surface area contributed by atoms with Crippen LogP contribution in [0.3, 0.4) is 0 Å². The Morgan fingerprint density at radius 3 is 2.81 bits per heavy atom. The lowest BCUT2D eigenvalue weighted by atomic mass is 9.69. The predicted molar refractivity (Wildman–Crippen MR) is 106 cm³/mol. The number of ether oxygens (including phenoxy) is 1. The van der Waals surface area contributed by atoms with Gasteiger partial charge >= 0.3 is 5.97 Å². The first-order valence-electron chi connectivity index (χ1n) is 9.76. The smallest absolute Gasteiger partial charge is 0.314 e. The molecule has 1 aromatic heterocycles. The third-order valence-electron chi connectivity index (χ3n) is 6.91. The summed E-state index contributed by atoms with van der Waals surface area (Å²) in [6, 6.07) is 8.56. The number of para-hydroxylation sites is 1. The number of aromatic nitrogens is 1. The highest BCUT2D eigenvalue weighted by molar-refractivity contribution is 5.92. The van der Waals surface area contributed by atoms with E-state index in [1.54, 1.807) is 0 Å². The minimum atomic E-state index is -0.229. The van der Waals surface area contributed by atoms with Crippen molar-refractivity contribution in [1.29, 1.82) is 0 Å². The number of fused-ring (bicyclic) bond motifs is 6. The van der Waals surface area contributed by atoms with Gasteiger partial charge in [0.1, 0.15) is 0 Å². The molecule has 2 unspecified atom stereocenters. The zero-order valence-corrected chi connectivity index (χ0v) is 16.4. The number of benzene rings is 1. The highest BCUT2D eigenvalue weighted by Crippen LogP contribution is 2.49. The Balaban J connectivity index is 0.00000180. The molecule has 0 spiro atoms.